The summed E-state index contributed by atoms with van der Waals surface area (Å²) < 4.78 is 38.3. The number of primary sulfonamides is 1. The van der Waals surface area contributed by atoms with Gasteiger partial charge in [-0.1, -0.05) is 41.6 Å². The highest BCUT2D eigenvalue weighted by molar-refractivity contribution is 7.99. The van der Waals surface area contributed by atoms with Crippen molar-refractivity contribution in [2.45, 2.75) is 18.5 Å². The van der Waals surface area contributed by atoms with Gasteiger partial charge in [0.1, 0.15) is 5.82 Å². The van der Waals surface area contributed by atoms with Gasteiger partial charge in [-0.3, -0.25) is 4.57 Å². The first-order chi connectivity index (χ1) is 12.8. The number of thioether (sulfide) groups is 1. The van der Waals surface area contributed by atoms with Crippen molar-refractivity contribution >= 4 is 21.8 Å². The van der Waals surface area contributed by atoms with Crippen LogP contribution >= 0.6 is 11.8 Å². The molecule has 0 saturated carbocycles. The van der Waals surface area contributed by atoms with E-state index in [0.29, 0.717) is 28.7 Å². The van der Waals surface area contributed by atoms with Crippen molar-refractivity contribution in [1.29, 1.82) is 0 Å². The first kappa shape index (κ1) is 19.5. The molecule has 0 saturated heterocycles. The second kappa shape index (κ2) is 8.20. The Morgan fingerprint density at radius 3 is 2.48 bits per heavy atom. The van der Waals surface area contributed by atoms with Gasteiger partial charge in [0.05, 0.1) is 11.3 Å². The number of nitrogens with two attached hydrogens (primary N) is 1. The van der Waals surface area contributed by atoms with Gasteiger partial charge in [0.2, 0.25) is 10.0 Å². The number of aryl methyl sites for hydroxylation is 1. The minimum atomic E-state index is -3.49. The van der Waals surface area contributed by atoms with E-state index in [1.54, 1.807) is 22.8 Å². The molecule has 0 aliphatic rings. The van der Waals surface area contributed by atoms with Gasteiger partial charge in [0.15, 0.2) is 11.0 Å². The molecule has 0 aliphatic heterocycles. The first-order valence-corrected chi connectivity index (χ1v) is 11.0. The molecule has 0 amide bonds. The highest BCUT2D eigenvalue weighted by Crippen LogP contribution is 2.29. The van der Waals surface area contributed by atoms with Crippen LogP contribution in [0.25, 0.3) is 17.1 Å². The predicted octanol–water partition coefficient (Wildman–Crippen LogP) is 3.15. The van der Waals surface area contributed by atoms with E-state index in [-0.39, 0.29) is 11.6 Å². The van der Waals surface area contributed by atoms with Crippen molar-refractivity contribution in [2.75, 3.05) is 11.5 Å². The van der Waals surface area contributed by atoms with Gasteiger partial charge in [-0.25, -0.2) is 17.9 Å². The molecule has 2 aromatic carbocycles. The van der Waals surface area contributed by atoms with Gasteiger partial charge in [-0.05, 0) is 37.6 Å². The molecular formula is C18H19FN4O2S2. The smallest absolute Gasteiger partial charge is 0.209 e. The number of nitrogens with zero attached hydrogens (tertiary/aromatic N) is 3. The molecule has 2 N–H and O–H groups in total. The molecule has 3 rings (SSSR count). The van der Waals surface area contributed by atoms with E-state index < -0.39 is 10.0 Å². The highest BCUT2D eigenvalue weighted by Gasteiger charge is 2.18. The van der Waals surface area contributed by atoms with E-state index in [4.69, 9.17) is 5.14 Å². The lowest BCUT2D eigenvalue weighted by atomic mass is 10.2. The molecule has 0 bridgehead atoms. The second-order valence-electron chi connectivity index (χ2n) is 6.03. The summed E-state index contributed by atoms with van der Waals surface area (Å²) in [6, 6.07) is 14.1. The lowest BCUT2D eigenvalue weighted by molar-refractivity contribution is 0.596. The van der Waals surface area contributed by atoms with Crippen LogP contribution in [0.1, 0.15) is 12.0 Å². The predicted molar refractivity (Wildman–Crippen MR) is 105 cm³/mol. The molecule has 0 unspecified atom stereocenters. The third-order valence-corrected chi connectivity index (χ3v) is 5.72. The highest BCUT2D eigenvalue weighted by atomic mass is 32.2. The third kappa shape index (κ3) is 4.94. The van der Waals surface area contributed by atoms with Crippen molar-refractivity contribution in [3.05, 3.63) is 59.9 Å². The Morgan fingerprint density at radius 1 is 1.11 bits per heavy atom. The summed E-state index contributed by atoms with van der Waals surface area (Å²) in [6.45, 7) is 1.98. The molecule has 1 aromatic heterocycles. The summed E-state index contributed by atoms with van der Waals surface area (Å²) in [5.41, 5.74) is 2.25. The van der Waals surface area contributed by atoms with Crippen LogP contribution in [0.4, 0.5) is 4.39 Å². The van der Waals surface area contributed by atoms with Gasteiger partial charge in [-0.2, -0.15) is 0 Å². The zero-order valence-electron chi connectivity index (χ0n) is 14.7. The monoisotopic (exact) mass is 406 g/mol. The minimum absolute atomic E-state index is 0.0984. The second-order valence-corrected chi connectivity index (χ2v) is 8.82. The van der Waals surface area contributed by atoms with E-state index in [1.807, 2.05) is 31.2 Å². The number of aromatic nitrogens is 3. The molecule has 27 heavy (non-hydrogen) atoms. The fraction of sp³-hybridized carbons (Fsp3) is 0.222. The van der Waals surface area contributed by atoms with Crippen LogP contribution in [0.15, 0.2) is 53.7 Å². The largest absolute Gasteiger partial charge is 0.270 e. The fourth-order valence-corrected chi connectivity index (χ4v) is 4.15. The Morgan fingerprint density at radius 2 is 1.81 bits per heavy atom. The van der Waals surface area contributed by atoms with Crippen LogP contribution in [-0.2, 0) is 10.0 Å². The summed E-state index contributed by atoms with van der Waals surface area (Å²) in [4.78, 5) is 0. The van der Waals surface area contributed by atoms with E-state index >= 15 is 0 Å². The average Bonchev–Trinajstić information content (AvgIpc) is 3.03. The van der Waals surface area contributed by atoms with E-state index in [2.05, 4.69) is 10.2 Å². The van der Waals surface area contributed by atoms with Crippen LogP contribution in [0.5, 0.6) is 0 Å². The van der Waals surface area contributed by atoms with Crippen molar-refractivity contribution in [1.82, 2.24) is 14.8 Å². The van der Waals surface area contributed by atoms with Crippen molar-refractivity contribution in [3.8, 4) is 17.1 Å². The number of sulfonamides is 1. The number of rotatable bonds is 7. The van der Waals surface area contributed by atoms with Crippen LogP contribution in [0.3, 0.4) is 0 Å². The Hall–Kier alpha value is -2.23. The zero-order chi connectivity index (χ0) is 19.4. The lowest BCUT2D eigenvalue weighted by Crippen LogP contribution is -2.16. The van der Waals surface area contributed by atoms with Gasteiger partial charge in [0.25, 0.3) is 0 Å². The molecule has 1 heterocycles. The quantitative estimate of drug-likeness (QED) is 0.481. The fourth-order valence-electron chi connectivity index (χ4n) is 2.53. The van der Waals surface area contributed by atoms with Gasteiger partial charge >= 0.3 is 0 Å². The summed E-state index contributed by atoms with van der Waals surface area (Å²) in [5, 5.41) is 14.0. The minimum Gasteiger partial charge on any atom is -0.270 e. The molecule has 6 nitrogen and oxygen atoms in total. The molecule has 0 radical (unpaired) electrons. The Kier molecular flexibility index (Phi) is 5.93. The molecule has 9 heteroatoms. The van der Waals surface area contributed by atoms with Gasteiger partial charge in [-0.15, -0.1) is 10.2 Å². The Bertz CT molecular complexity index is 1030. The van der Waals surface area contributed by atoms with Crippen molar-refractivity contribution in [2.24, 2.45) is 5.14 Å². The molecule has 3 aromatic rings. The average molecular weight is 407 g/mol. The summed E-state index contributed by atoms with van der Waals surface area (Å²) >= 11 is 1.36. The number of hydrogen-bond acceptors (Lipinski definition) is 5. The topological polar surface area (TPSA) is 90.9 Å². The number of benzene rings is 2. The molecular weight excluding hydrogens is 387 g/mol. The standard InChI is InChI=1S/C18H19FN4O2S2/c1-13-7-9-14(10-8-13)23-17(15-5-2-3-6-16(15)19)21-22-18(23)26-11-4-12-27(20,24)25/h2-3,5-10H,4,11-12H2,1H3,(H2,20,24,25). The third-order valence-electron chi connectivity index (χ3n) is 3.84. The normalized spacial score (nSPS) is 11.7. The van der Waals surface area contributed by atoms with Crippen molar-refractivity contribution in [3.63, 3.8) is 0 Å². The number of hydrogen-bond donors (Lipinski definition) is 1. The molecule has 0 fully saturated rings. The summed E-state index contributed by atoms with van der Waals surface area (Å²) in [7, 11) is -3.49. The van der Waals surface area contributed by atoms with Crippen LogP contribution < -0.4 is 5.14 Å². The molecule has 142 valence electrons. The molecule has 0 spiro atoms. The maximum Gasteiger partial charge on any atom is 0.209 e. The maximum atomic E-state index is 14.3. The zero-order valence-corrected chi connectivity index (χ0v) is 16.3. The summed E-state index contributed by atoms with van der Waals surface area (Å²) in [6.07, 6.45) is 0.388. The number of halogens is 1. The van der Waals surface area contributed by atoms with Crippen molar-refractivity contribution < 1.29 is 12.8 Å². The Balaban J connectivity index is 1.96. The van der Waals surface area contributed by atoms with Crippen LogP contribution in [-0.4, -0.2) is 34.7 Å². The molecule has 0 atom stereocenters. The van der Waals surface area contributed by atoms with E-state index in [9.17, 15) is 12.8 Å². The first-order valence-electron chi connectivity index (χ1n) is 8.26. The van der Waals surface area contributed by atoms with Crippen LogP contribution in [0.2, 0.25) is 0 Å². The Labute approximate surface area is 161 Å². The summed E-state index contributed by atoms with van der Waals surface area (Å²) in [5.74, 6) is 0.409. The van der Waals surface area contributed by atoms with Gasteiger partial charge in [0, 0.05) is 11.4 Å². The van der Waals surface area contributed by atoms with Crippen LogP contribution in [0, 0.1) is 12.7 Å². The molecule has 0 aliphatic carbocycles. The lowest BCUT2D eigenvalue weighted by Gasteiger charge is -2.11. The van der Waals surface area contributed by atoms with Gasteiger partial charge < -0.3 is 0 Å². The van der Waals surface area contributed by atoms with E-state index in [0.717, 1.165) is 11.3 Å². The maximum absolute atomic E-state index is 14.3. The SMILES string of the molecule is Cc1ccc(-n2c(SCCCS(N)(=O)=O)nnc2-c2ccccc2F)cc1. The van der Waals surface area contributed by atoms with E-state index in [1.165, 1.54) is 17.8 Å².